The molecule has 96 valence electrons. The number of para-hydroxylation sites is 1. The van der Waals surface area contributed by atoms with E-state index < -0.39 is 6.03 Å². The summed E-state index contributed by atoms with van der Waals surface area (Å²) < 4.78 is 0. The predicted molar refractivity (Wildman–Crippen MR) is 69.5 cm³/mol. The lowest BCUT2D eigenvalue weighted by atomic mass is 10.2. The number of nitrogens with one attached hydrogen (secondary N) is 1. The minimum atomic E-state index is -0.509. The van der Waals surface area contributed by atoms with Gasteiger partial charge >= 0.3 is 6.03 Å². The third-order valence-corrected chi connectivity index (χ3v) is 2.92. The fourth-order valence-electron chi connectivity index (χ4n) is 1.95. The van der Waals surface area contributed by atoms with Gasteiger partial charge in [-0.25, -0.2) is 14.8 Å². The van der Waals surface area contributed by atoms with Crippen molar-refractivity contribution in [2.75, 3.05) is 17.2 Å². The van der Waals surface area contributed by atoms with E-state index in [1.54, 1.807) is 12.3 Å². The number of imide groups is 1. The van der Waals surface area contributed by atoms with Crippen LogP contribution in [0.1, 0.15) is 6.42 Å². The zero-order chi connectivity index (χ0) is 13.4. The summed E-state index contributed by atoms with van der Waals surface area (Å²) in [5.74, 6) is -0.0445. The lowest BCUT2D eigenvalue weighted by molar-refractivity contribution is -0.120. The molecule has 2 heterocycles. The van der Waals surface area contributed by atoms with Crippen molar-refractivity contribution in [1.29, 1.82) is 0 Å². The van der Waals surface area contributed by atoms with E-state index in [4.69, 9.17) is 5.73 Å². The van der Waals surface area contributed by atoms with Crippen molar-refractivity contribution in [2.45, 2.75) is 6.42 Å². The van der Waals surface area contributed by atoms with Crippen LogP contribution in [0.25, 0.3) is 10.9 Å². The molecule has 3 N–H and O–H groups in total. The van der Waals surface area contributed by atoms with Gasteiger partial charge in [0.05, 0.1) is 11.2 Å². The van der Waals surface area contributed by atoms with Crippen molar-refractivity contribution in [3.8, 4) is 0 Å². The first-order valence-electron chi connectivity index (χ1n) is 5.78. The van der Waals surface area contributed by atoms with Gasteiger partial charge in [0.2, 0.25) is 11.9 Å². The second-order valence-corrected chi connectivity index (χ2v) is 4.21. The molecule has 7 heteroatoms. The Labute approximate surface area is 108 Å². The van der Waals surface area contributed by atoms with E-state index in [1.807, 2.05) is 12.1 Å². The standard InChI is InChI=1S/C12H11N5O2/c13-8-3-1-2-7-6-14-11(16-10(7)8)17-5-4-9(18)15-12(17)19/h1-3,6H,4-5,13H2,(H,15,18,19). The van der Waals surface area contributed by atoms with Crippen LogP contribution in [-0.2, 0) is 4.79 Å². The monoisotopic (exact) mass is 257 g/mol. The Morgan fingerprint density at radius 3 is 2.95 bits per heavy atom. The molecule has 0 radical (unpaired) electrons. The number of urea groups is 1. The Morgan fingerprint density at radius 2 is 2.16 bits per heavy atom. The number of amides is 3. The van der Waals surface area contributed by atoms with Crippen molar-refractivity contribution in [3.05, 3.63) is 24.4 Å². The summed E-state index contributed by atoms with van der Waals surface area (Å²) in [6, 6.07) is 4.88. The highest BCUT2D eigenvalue weighted by molar-refractivity contribution is 6.05. The quantitative estimate of drug-likeness (QED) is 0.731. The number of benzene rings is 1. The summed E-state index contributed by atoms with van der Waals surface area (Å²) in [6.07, 6.45) is 1.84. The van der Waals surface area contributed by atoms with Crippen molar-refractivity contribution < 1.29 is 9.59 Å². The van der Waals surface area contributed by atoms with Crippen LogP contribution in [0.15, 0.2) is 24.4 Å². The van der Waals surface area contributed by atoms with E-state index in [1.165, 1.54) is 4.90 Å². The van der Waals surface area contributed by atoms with Gasteiger partial charge in [-0.3, -0.25) is 15.0 Å². The maximum Gasteiger partial charge on any atom is 0.330 e. The van der Waals surface area contributed by atoms with Crippen LogP contribution in [0.2, 0.25) is 0 Å². The largest absolute Gasteiger partial charge is 0.397 e. The molecule has 0 unspecified atom stereocenters. The average molecular weight is 257 g/mol. The number of nitrogens with zero attached hydrogens (tertiary/aromatic N) is 3. The Hall–Kier alpha value is -2.70. The summed E-state index contributed by atoms with van der Waals surface area (Å²) >= 11 is 0. The van der Waals surface area contributed by atoms with Gasteiger partial charge in [0.25, 0.3) is 0 Å². The van der Waals surface area contributed by atoms with Gasteiger partial charge < -0.3 is 5.73 Å². The Morgan fingerprint density at radius 1 is 1.32 bits per heavy atom. The van der Waals surface area contributed by atoms with Crippen molar-refractivity contribution in [2.24, 2.45) is 0 Å². The number of anilines is 2. The molecule has 0 atom stereocenters. The second-order valence-electron chi connectivity index (χ2n) is 4.21. The molecule has 2 aromatic rings. The molecular formula is C12H11N5O2. The summed E-state index contributed by atoms with van der Waals surface area (Å²) in [7, 11) is 0. The van der Waals surface area contributed by atoms with Gasteiger partial charge in [0.15, 0.2) is 0 Å². The van der Waals surface area contributed by atoms with Crippen molar-refractivity contribution >= 4 is 34.5 Å². The highest BCUT2D eigenvalue weighted by Crippen LogP contribution is 2.21. The lowest BCUT2D eigenvalue weighted by Crippen LogP contribution is -2.50. The molecule has 19 heavy (non-hydrogen) atoms. The minimum Gasteiger partial charge on any atom is -0.397 e. The van der Waals surface area contributed by atoms with Crippen LogP contribution < -0.4 is 16.0 Å². The molecule has 3 rings (SSSR count). The zero-order valence-electron chi connectivity index (χ0n) is 9.96. The van der Waals surface area contributed by atoms with Gasteiger partial charge in [0.1, 0.15) is 0 Å². The second kappa shape index (κ2) is 4.20. The van der Waals surface area contributed by atoms with Gasteiger partial charge in [-0.15, -0.1) is 0 Å². The zero-order valence-corrected chi connectivity index (χ0v) is 9.96. The lowest BCUT2D eigenvalue weighted by Gasteiger charge is -2.24. The Balaban J connectivity index is 2.04. The summed E-state index contributed by atoms with van der Waals surface area (Å²) in [6.45, 7) is 0.267. The molecule has 1 aliphatic rings. The van der Waals surface area contributed by atoms with Crippen LogP contribution in [0.3, 0.4) is 0 Å². The average Bonchev–Trinajstić information content (AvgIpc) is 2.39. The molecule has 0 saturated carbocycles. The summed E-state index contributed by atoms with van der Waals surface area (Å²) in [5.41, 5.74) is 6.97. The molecule has 0 bridgehead atoms. The Bertz CT molecular complexity index is 685. The van der Waals surface area contributed by atoms with Crippen LogP contribution in [0, 0.1) is 0 Å². The fourth-order valence-corrected chi connectivity index (χ4v) is 1.95. The number of fused-ring (bicyclic) bond motifs is 1. The number of nitrogen functional groups attached to an aromatic ring is 1. The number of carbonyl (C=O) groups excluding carboxylic acids is 2. The van der Waals surface area contributed by atoms with E-state index in [0.717, 1.165) is 5.39 Å². The third kappa shape index (κ3) is 1.95. The third-order valence-electron chi connectivity index (χ3n) is 2.92. The van der Waals surface area contributed by atoms with Crippen LogP contribution >= 0.6 is 0 Å². The van der Waals surface area contributed by atoms with Gasteiger partial charge in [0, 0.05) is 24.5 Å². The fraction of sp³-hybridized carbons (Fsp3) is 0.167. The molecule has 1 saturated heterocycles. The number of carbonyl (C=O) groups is 2. The predicted octanol–water partition coefficient (Wildman–Crippen LogP) is 0.658. The molecular weight excluding hydrogens is 246 g/mol. The topological polar surface area (TPSA) is 101 Å². The molecule has 1 aromatic heterocycles. The van der Waals surface area contributed by atoms with E-state index in [0.29, 0.717) is 11.2 Å². The number of nitrogens with two attached hydrogens (primary N) is 1. The van der Waals surface area contributed by atoms with Crippen molar-refractivity contribution in [1.82, 2.24) is 15.3 Å². The maximum atomic E-state index is 11.7. The smallest absolute Gasteiger partial charge is 0.330 e. The Kier molecular flexibility index (Phi) is 2.52. The maximum absolute atomic E-state index is 11.7. The molecule has 3 amide bonds. The normalized spacial score (nSPS) is 15.7. The van der Waals surface area contributed by atoms with E-state index in [2.05, 4.69) is 15.3 Å². The van der Waals surface area contributed by atoms with Gasteiger partial charge in [-0.2, -0.15) is 0 Å². The number of hydrogen-bond acceptors (Lipinski definition) is 5. The van der Waals surface area contributed by atoms with Crippen LogP contribution in [-0.4, -0.2) is 28.5 Å². The molecule has 1 fully saturated rings. The van der Waals surface area contributed by atoms with Crippen LogP contribution in [0.5, 0.6) is 0 Å². The minimum absolute atomic E-state index is 0.234. The first-order valence-corrected chi connectivity index (χ1v) is 5.78. The first kappa shape index (κ1) is 11.4. The summed E-state index contributed by atoms with van der Waals surface area (Å²) in [4.78, 5) is 32.6. The number of aromatic nitrogens is 2. The number of hydrogen-bond donors (Lipinski definition) is 2. The molecule has 7 nitrogen and oxygen atoms in total. The van der Waals surface area contributed by atoms with E-state index >= 15 is 0 Å². The first-order chi connectivity index (χ1) is 9.15. The summed E-state index contributed by atoms with van der Waals surface area (Å²) in [5, 5.41) is 3.03. The SMILES string of the molecule is Nc1cccc2cnc(N3CCC(=O)NC3=O)nc12. The molecule has 0 aliphatic carbocycles. The van der Waals surface area contributed by atoms with Gasteiger partial charge in [-0.1, -0.05) is 12.1 Å². The van der Waals surface area contributed by atoms with Crippen LogP contribution in [0.4, 0.5) is 16.4 Å². The molecule has 0 spiro atoms. The van der Waals surface area contributed by atoms with Crippen molar-refractivity contribution in [3.63, 3.8) is 0 Å². The highest BCUT2D eigenvalue weighted by atomic mass is 16.2. The molecule has 1 aromatic carbocycles. The number of rotatable bonds is 1. The molecule has 1 aliphatic heterocycles. The van der Waals surface area contributed by atoms with Gasteiger partial charge in [-0.05, 0) is 6.07 Å². The van der Waals surface area contributed by atoms with E-state index in [9.17, 15) is 9.59 Å². The highest BCUT2D eigenvalue weighted by Gasteiger charge is 2.26. The van der Waals surface area contributed by atoms with E-state index in [-0.39, 0.29) is 24.8 Å².